The maximum absolute atomic E-state index is 3.56. The number of nitrogens with one attached hydrogen (secondary N) is 3. The van der Waals surface area contributed by atoms with Gasteiger partial charge < -0.3 is 15.6 Å². The van der Waals surface area contributed by atoms with Crippen LogP contribution in [0.3, 0.4) is 0 Å². The number of para-hydroxylation sites is 1. The molecular weight excluding hydrogens is 330 g/mol. The maximum atomic E-state index is 3.56. The standard InChI is InChI=1S/C24H25N3/c1-2-7-19(8-3-1)17-26-22-10-6-9-20(15-22)16-25-14-13-21-18-27-24-12-5-4-11-23(21)24/h1-12,15,18,25-27H,13-14,16-17H2. The Bertz CT molecular complexity index is 989. The molecule has 0 aliphatic rings. The fraction of sp³-hybridized carbons (Fsp3) is 0.167. The van der Waals surface area contributed by atoms with Gasteiger partial charge in [0.25, 0.3) is 0 Å². The van der Waals surface area contributed by atoms with E-state index >= 15 is 0 Å². The summed E-state index contributed by atoms with van der Waals surface area (Å²) in [6.45, 7) is 2.69. The van der Waals surface area contributed by atoms with Gasteiger partial charge in [0.05, 0.1) is 0 Å². The molecule has 27 heavy (non-hydrogen) atoms. The molecule has 3 heteroatoms. The van der Waals surface area contributed by atoms with Crippen molar-refractivity contribution in [2.45, 2.75) is 19.5 Å². The Kier molecular flexibility index (Phi) is 5.51. The van der Waals surface area contributed by atoms with Crippen molar-refractivity contribution in [2.24, 2.45) is 0 Å². The van der Waals surface area contributed by atoms with Crippen molar-refractivity contribution in [3.05, 3.63) is 102 Å². The van der Waals surface area contributed by atoms with Crippen molar-refractivity contribution >= 4 is 16.6 Å². The number of anilines is 1. The zero-order valence-corrected chi connectivity index (χ0v) is 15.4. The van der Waals surface area contributed by atoms with E-state index in [4.69, 9.17) is 0 Å². The third-order valence-electron chi connectivity index (χ3n) is 4.84. The highest BCUT2D eigenvalue weighted by atomic mass is 14.9. The molecule has 3 N–H and O–H groups in total. The summed E-state index contributed by atoms with van der Waals surface area (Å²) in [5.74, 6) is 0. The Labute approximate surface area is 160 Å². The van der Waals surface area contributed by atoms with E-state index < -0.39 is 0 Å². The van der Waals surface area contributed by atoms with Crippen LogP contribution >= 0.6 is 0 Å². The number of benzene rings is 3. The van der Waals surface area contributed by atoms with Gasteiger partial charge in [-0.15, -0.1) is 0 Å². The molecule has 1 aromatic heterocycles. The monoisotopic (exact) mass is 355 g/mol. The van der Waals surface area contributed by atoms with E-state index in [-0.39, 0.29) is 0 Å². The highest BCUT2D eigenvalue weighted by molar-refractivity contribution is 5.83. The summed E-state index contributed by atoms with van der Waals surface area (Å²) in [7, 11) is 0. The predicted octanol–water partition coefficient (Wildman–Crippen LogP) is 5.11. The van der Waals surface area contributed by atoms with Crippen LogP contribution in [-0.4, -0.2) is 11.5 Å². The van der Waals surface area contributed by atoms with Crippen LogP contribution in [0.25, 0.3) is 10.9 Å². The average Bonchev–Trinajstić information content (AvgIpc) is 3.14. The van der Waals surface area contributed by atoms with E-state index in [1.165, 1.54) is 27.6 Å². The Morgan fingerprint density at radius 2 is 1.56 bits per heavy atom. The maximum Gasteiger partial charge on any atom is 0.0456 e. The second-order valence-corrected chi connectivity index (χ2v) is 6.83. The Morgan fingerprint density at radius 1 is 0.741 bits per heavy atom. The van der Waals surface area contributed by atoms with Gasteiger partial charge in [0.2, 0.25) is 0 Å². The molecule has 0 atom stereocenters. The Balaban J connectivity index is 1.27. The van der Waals surface area contributed by atoms with E-state index in [2.05, 4.69) is 94.6 Å². The summed E-state index contributed by atoms with van der Waals surface area (Å²) in [6, 6.07) is 27.6. The molecule has 4 aromatic rings. The van der Waals surface area contributed by atoms with Gasteiger partial charge in [-0.3, -0.25) is 0 Å². The number of rotatable bonds is 8. The van der Waals surface area contributed by atoms with E-state index in [1.54, 1.807) is 0 Å². The summed E-state index contributed by atoms with van der Waals surface area (Å²) < 4.78 is 0. The van der Waals surface area contributed by atoms with Crippen LogP contribution in [0.4, 0.5) is 5.69 Å². The fourth-order valence-corrected chi connectivity index (χ4v) is 3.39. The molecule has 3 nitrogen and oxygen atoms in total. The molecule has 0 saturated heterocycles. The van der Waals surface area contributed by atoms with Gasteiger partial charge in [0, 0.05) is 35.9 Å². The fourth-order valence-electron chi connectivity index (χ4n) is 3.39. The lowest BCUT2D eigenvalue weighted by Crippen LogP contribution is -2.16. The minimum absolute atomic E-state index is 0.846. The van der Waals surface area contributed by atoms with Crippen molar-refractivity contribution in [1.29, 1.82) is 0 Å². The molecular formula is C24H25N3. The molecule has 0 aliphatic carbocycles. The second kappa shape index (κ2) is 8.56. The number of aromatic amines is 1. The summed E-state index contributed by atoms with van der Waals surface area (Å²) in [6.07, 6.45) is 3.15. The van der Waals surface area contributed by atoms with Gasteiger partial charge in [-0.1, -0.05) is 60.7 Å². The van der Waals surface area contributed by atoms with Gasteiger partial charge in [-0.2, -0.15) is 0 Å². The van der Waals surface area contributed by atoms with Crippen molar-refractivity contribution < 1.29 is 0 Å². The van der Waals surface area contributed by atoms with Crippen molar-refractivity contribution in [1.82, 2.24) is 10.3 Å². The number of hydrogen-bond acceptors (Lipinski definition) is 2. The van der Waals surface area contributed by atoms with Crippen LogP contribution in [0, 0.1) is 0 Å². The molecule has 0 amide bonds. The third-order valence-corrected chi connectivity index (χ3v) is 4.84. The van der Waals surface area contributed by atoms with Crippen LogP contribution < -0.4 is 10.6 Å². The summed E-state index contributed by atoms with van der Waals surface area (Å²) in [5.41, 5.74) is 6.34. The quantitative estimate of drug-likeness (QED) is 0.384. The topological polar surface area (TPSA) is 39.8 Å². The molecule has 0 bridgehead atoms. The van der Waals surface area contributed by atoms with E-state index in [9.17, 15) is 0 Å². The van der Waals surface area contributed by atoms with Gasteiger partial charge >= 0.3 is 0 Å². The lowest BCUT2D eigenvalue weighted by Gasteiger charge is -2.09. The number of H-pyrrole nitrogens is 1. The smallest absolute Gasteiger partial charge is 0.0456 e. The molecule has 1 heterocycles. The first kappa shape index (κ1) is 17.4. The Hall–Kier alpha value is -3.04. The van der Waals surface area contributed by atoms with E-state index in [0.29, 0.717) is 0 Å². The highest BCUT2D eigenvalue weighted by Gasteiger charge is 2.02. The summed E-state index contributed by atoms with van der Waals surface area (Å²) >= 11 is 0. The zero-order chi connectivity index (χ0) is 18.3. The highest BCUT2D eigenvalue weighted by Crippen LogP contribution is 2.18. The molecule has 0 spiro atoms. The normalized spacial score (nSPS) is 11.0. The number of aromatic nitrogens is 1. The van der Waals surface area contributed by atoms with Crippen LogP contribution in [0.2, 0.25) is 0 Å². The molecule has 4 rings (SSSR count). The molecule has 0 radical (unpaired) electrons. The Morgan fingerprint density at radius 3 is 2.48 bits per heavy atom. The zero-order valence-electron chi connectivity index (χ0n) is 15.4. The molecule has 0 saturated carbocycles. The number of hydrogen-bond donors (Lipinski definition) is 3. The van der Waals surface area contributed by atoms with Crippen LogP contribution in [0.1, 0.15) is 16.7 Å². The van der Waals surface area contributed by atoms with Gasteiger partial charge in [-0.25, -0.2) is 0 Å². The van der Waals surface area contributed by atoms with Crippen LogP contribution in [0.15, 0.2) is 85.1 Å². The molecule has 0 aliphatic heterocycles. The second-order valence-electron chi connectivity index (χ2n) is 6.83. The van der Waals surface area contributed by atoms with Crippen molar-refractivity contribution in [2.75, 3.05) is 11.9 Å². The minimum Gasteiger partial charge on any atom is -0.381 e. The molecule has 3 aromatic carbocycles. The van der Waals surface area contributed by atoms with Gasteiger partial charge in [-0.05, 0) is 47.9 Å². The first-order chi connectivity index (χ1) is 13.4. The summed E-state index contributed by atoms with van der Waals surface area (Å²) in [4.78, 5) is 3.35. The molecule has 0 fully saturated rings. The summed E-state index contributed by atoms with van der Waals surface area (Å²) in [5, 5.41) is 8.39. The number of fused-ring (bicyclic) bond motifs is 1. The van der Waals surface area contributed by atoms with Crippen molar-refractivity contribution in [3.8, 4) is 0 Å². The minimum atomic E-state index is 0.846. The molecule has 0 unspecified atom stereocenters. The first-order valence-corrected chi connectivity index (χ1v) is 9.51. The van der Waals surface area contributed by atoms with Crippen LogP contribution in [0.5, 0.6) is 0 Å². The van der Waals surface area contributed by atoms with Crippen molar-refractivity contribution in [3.63, 3.8) is 0 Å². The lowest BCUT2D eigenvalue weighted by molar-refractivity contribution is 0.688. The largest absolute Gasteiger partial charge is 0.381 e. The van der Waals surface area contributed by atoms with Gasteiger partial charge in [0.15, 0.2) is 0 Å². The van der Waals surface area contributed by atoms with Crippen LogP contribution in [-0.2, 0) is 19.5 Å². The SMILES string of the molecule is c1ccc(CNc2cccc(CNCCc3c[nH]c4ccccc34)c2)cc1. The first-order valence-electron chi connectivity index (χ1n) is 9.51. The predicted molar refractivity (Wildman–Crippen MR) is 114 cm³/mol. The molecule has 136 valence electrons. The lowest BCUT2D eigenvalue weighted by atomic mass is 10.1. The van der Waals surface area contributed by atoms with Gasteiger partial charge in [0.1, 0.15) is 0 Å². The third kappa shape index (κ3) is 4.57. The average molecular weight is 355 g/mol. The van der Waals surface area contributed by atoms with E-state index in [1.807, 2.05) is 6.07 Å². The van der Waals surface area contributed by atoms with E-state index in [0.717, 1.165) is 31.7 Å².